The van der Waals surface area contributed by atoms with E-state index in [1.54, 1.807) is 25.6 Å². The highest BCUT2D eigenvalue weighted by atomic mass is 32.1. The van der Waals surface area contributed by atoms with Crippen LogP contribution in [0.4, 0.5) is 5.69 Å². The van der Waals surface area contributed by atoms with Crippen molar-refractivity contribution >= 4 is 45.5 Å². The van der Waals surface area contributed by atoms with E-state index in [4.69, 9.17) is 18.6 Å². The molecule has 1 aliphatic rings. The lowest BCUT2D eigenvalue weighted by Gasteiger charge is -2.13. The first kappa shape index (κ1) is 25.0. The quantitative estimate of drug-likeness (QED) is 0.205. The van der Waals surface area contributed by atoms with E-state index in [1.165, 1.54) is 0 Å². The van der Waals surface area contributed by atoms with Crippen molar-refractivity contribution in [3.8, 4) is 22.6 Å². The lowest BCUT2D eigenvalue weighted by atomic mass is 9.97. The Labute approximate surface area is 230 Å². The third kappa shape index (κ3) is 4.60. The molecule has 0 fully saturated rings. The molecule has 0 spiro atoms. The van der Waals surface area contributed by atoms with Gasteiger partial charge < -0.3 is 23.9 Å². The van der Waals surface area contributed by atoms with E-state index in [2.05, 4.69) is 11.4 Å². The van der Waals surface area contributed by atoms with Gasteiger partial charge in [0.2, 0.25) is 0 Å². The fourth-order valence-electron chi connectivity index (χ4n) is 4.96. The summed E-state index contributed by atoms with van der Waals surface area (Å²) in [5, 5.41) is 5.90. The fraction of sp³-hybridized carbons (Fsp3) is 0.156. The Kier molecular flexibility index (Phi) is 6.69. The van der Waals surface area contributed by atoms with Crippen molar-refractivity contribution < 1.29 is 23.4 Å². The number of fused-ring (bicyclic) bond motifs is 2. The van der Waals surface area contributed by atoms with Gasteiger partial charge in [-0.05, 0) is 47.7 Å². The number of thiophene rings is 1. The van der Waals surface area contributed by atoms with Crippen LogP contribution in [0.3, 0.4) is 0 Å². The molecule has 2 aromatic heterocycles. The van der Waals surface area contributed by atoms with E-state index >= 15 is 0 Å². The molecule has 0 bridgehead atoms. The number of para-hydroxylation sites is 1. The predicted octanol–water partition coefficient (Wildman–Crippen LogP) is 7.70. The zero-order valence-electron chi connectivity index (χ0n) is 21.9. The molecule has 1 aliphatic heterocycles. The predicted molar refractivity (Wildman–Crippen MR) is 155 cm³/mol. The Morgan fingerprint density at radius 2 is 1.79 bits per heavy atom. The Morgan fingerprint density at radius 3 is 2.54 bits per heavy atom. The van der Waals surface area contributed by atoms with Crippen LogP contribution < -0.4 is 14.8 Å². The molecule has 196 valence electrons. The van der Waals surface area contributed by atoms with E-state index in [9.17, 15) is 4.79 Å². The minimum atomic E-state index is -0.127. The molecule has 39 heavy (non-hydrogen) atoms. The maximum Gasteiger partial charge on any atom is 0.256 e. The number of nitrogens with one attached hydrogen (secondary N) is 1. The second-order valence-corrected chi connectivity index (χ2v) is 10.2. The van der Waals surface area contributed by atoms with Gasteiger partial charge in [0.1, 0.15) is 18.0 Å². The molecule has 5 aromatic rings. The summed E-state index contributed by atoms with van der Waals surface area (Å²) >= 11 is 1.62. The van der Waals surface area contributed by atoms with Gasteiger partial charge in [0.05, 0.1) is 32.1 Å². The second kappa shape index (κ2) is 10.4. The maximum atomic E-state index is 13.0. The van der Waals surface area contributed by atoms with Crippen LogP contribution in [0.25, 0.3) is 33.7 Å². The molecule has 0 atom stereocenters. The largest absolute Gasteiger partial charge is 0.493 e. The monoisotopic (exact) mass is 537 g/mol. The third-order valence-corrected chi connectivity index (χ3v) is 7.84. The van der Waals surface area contributed by atoms with Gasteiger partial charge in [-0.1, -0.05) is 42.5 Å². The maximum absolute atomic E-state index is 13.0. The second-order valence-electron chi connectivity index (χ2n) is 9.29. The summed E-state index contributed by atoms with van der Waals surface area (Å²) in [6, 6.07) is 21.8. The van der Waals surface area contributed by atoms with Gasteiger partial charge in [-0.2, -0.15) is 0 Å². The number of hydrogen-bond acceptors (Lipinski definition) is 6. The molecule has 1 amide bonds. The fourth-order valence-corrected chi connectivity index (χ4v) is 5.81. The average molecular weight is 538 g/mol. The van der Waals surface area contributed by atoms with Crippen LogP contribution in [0.1, 0.15) is 27.3 Å². The Bertz CT molecular complexity index is 1710. The average Bonchev–Trinajstić information content (AvgIpc) is 3.61. The van der Waals surface area contributed by atoms with Crippen molar-refractivity contribution in [1.29, 1.82) is 0 Å². The molecular formula is C32H27NO5S. The Morgan fingerprint density at radius 1 is 0.949 bits per heavy atom. The number of aryl methyl sites for hydroxylation is 1. The first-order valence-electron chi connectivity index (χ1n) is 12.6. The van der Waals surface area contributed by atoms with Crippen LogP contribution in [-0.2, 0) is 22.7 Å². The number of furan rings is 1. The van der Waals surface area contributed by atoms with Gasteiger partial charge in [0, 0.05) is 33.0 Å². The molecule has 1 N–H and O–H groups in total. The smallest absolute Gasteiger partial charge is 0.256 e. The normalized spacial score (nSPS) is 13.6. The summed E-state index contributed by atoms with van der Waals surface area (Å²) < 4.78 is 23.9. The summed E-state index contributed by atoms with van der Waals surface area (Å²) in [5.41, 5.74) is 6.73. The van der Waals surface area contributed by atoms with Crippen molar-refractivity contribution in [2.75, 3.05) is 19.5 Å². The molecule has 3 heterocycles. The van der Waals surface area contributed by atoms with Gasteiger partial charge in [0.15, 0.2) is 11.5 Å². The molecule has 6 nitrogen and oxygen atoms in total. The van der Waals surface area contributed by atoms with Crippen LogP contribution in [-0.4, -0.2) is 20.1 Å². The van der Waals surface area contributed by atoms with Crippen molar-refractivity contribution in [1.82, 2.24) is 0 Å². The van der Waals surface area contributed by atoms with Gasteiger partial charge in [-0.3, -0.25) is 4.79 Å². The number of ether oxygens (including phenoxy) is 3. The molecule has 0 unspecified atom stereocenters. The van der Waals surface area contributed by atoms with Crippen LogP contribution in [0.2, 0.25) is 0 Å². The number of methoxy groups -OCH3 is 2. The summed E-state index contributed by atoms with van der Waals surface area (Å²) in [6.07, 6.45) is 1.96. The highest BCUT2D eigenvalue weighted by Crippen LogP contribution is 2.47. The summed E-state index contributed by atoms with van der Waals surface area (Å²) in [5.74, 6) is 1.76. The molecule has 6 rings (SSSR count). The van der Waals surface area contributed by atoms with E-state index in [0.717, 1.165) is 43.8 Å². The topological polar surface area (TPSA) is 69.9 Å². The Hall–Kier alpha value is -4.33. The van der Waals surface area contributed by atoms with Gasteiger partial charge >= 0.3 is 0 Å². The highest BCUT2D eigenvalue weighted by Gasteiger charge is 2.29. The van der Waals surface area contributed by atoms with Crippen molar-refractivity contribution in [3.63, 3.8) is 0 Å². The van der Waals surface area contributed by atoms with Crippen molar-refractivity contribution in [2.24, 2.45) is 0 Å². The van der Waals surface area contributed by atoms with Crippen LogP contribution >= 0.6 is 11.3 Å². The van der Waals surface area contributed by atoms with Crippen LogP contribution in [0.15, 0.2) is 76.5 Å². The van der Waals surface area contributed by atoms with Crippen molar-refractivity contribution in [2.45, 2.75) is 20.1 Å². The third-order valence-electron chi connectivity index (χ3n) is 6.88. The number of amides is 1. The van der Waals surface area contributed by atoms with E-state index < -0.39 is 0 Å². The minimum absolute atomic E-state index is 0.127. The van der Waals surface area contributed by atoms with E-state index in [1.807, 2.05) is 79.0 Å². The summed E-state index contributed by atoms with van der Waals surface area (Å²) in [7, 11) is 3.24. The lowest BCUT2D eigenvalue weighted by molar-refractivity contribution is -0.110. The molecule has 0 aliphatic carbocycles. The lowest BCUT2D eigenvalue weighted by Crippen LogP contribution is -2.03. The Balaban J connectivity index is 1.50. The molecule has 0 saturated heterocycles. The molecule has 0 saturated carbocycles. The van der Waals surface area contributed by atoms with Gasteiger partial charge in [-0.15, -0.1) is 11.3 Å². The summed E-state index contributed by atoms with van der Waals surface area (Å²) in [4.78, 5) is 14.0. The summed E-state index contributed by atoms with van der Waals surface area (Å²) in [6.45, 7) is 2.75. The van der Waals surface area contributed by atoms with Gasteiger partial charge in [0.25, 0.3) is 5.91 Å². The first-order chi connectivity index (χ1) is 19.1. The van der Waals surface area contributed by atoms with E-state index in [-0.39, 0.29) is 12.5 Å². The number of rotatable bonds is 8. The number of anilines is 1. The van der Waals surface area contributed by atoms with Crippen LogP contribution in [0, 0.1) is 6.92 Å². The number of carbonyl (C=O) groups is 1. The minimum Gasteiger partial charge on any atom is -0.493 e. The van der Waals surface area contributed by atoms with Crippen LogP contribution in [0.5, 0.6) is 11.5 Å². The van der Waals surface area contributed by atoms with Gasteiger partial charge in [-0.25, -0.2) is 0 Å². The standard InChI is InChI=1S/C32H27NO5S/c1-19-12-13-39-29(19)15-23-22-14-24-27(16-25(22)33-32(23)34)38-28(18-37-17-20-8-5-4-6-9-20)30(24)21-10-7-11-26(35-2)31(21)36-3/h4-16H,17-18H2,1-3H3,(H,33,34)/b23-15-. The molecular weight excluding hydrogens is 510 g/mol. The SMILES string of the molecule is COc1cccc(-c2c(COCc3ccccc3)oc3cc4c(cc23)/C(=C/c2sccc2C)C(=O)N4)c1OC. The zero-order valence-corrected chi connectivity index (χ0v) is 22.7. The van der Waals surface area contributed by atoms with Crippen molar-refractivity contribution in [3.05, 3.63) is 99.4 Å². The molecule has 7 heteroatoms. The number of hydrogen-bond donors (Lipinski definition) is 1. The zero-order chi connectivity index (χ0) is 26.9. The number of carbonyl (C=O) groups excluding carboxylic acids is 1. The first-order valence-corrected chi connectivity index (χ1v) is 13.4. The number of benzene rings is 3. The molecule has 3 aromatic carbocycles. The highest BCUT2D eigenvalue weighted by molar-refractivity contribution is 7.11. The van der Waals surface area contributed by atoms with E-state index in [0.29, 0.717) is 35.0 Å². The molecule has 0 radical (unpaired) electrons.